The van der Waals surface area contributed by atoms with Gasteiger partial charge in [0.1, 0.15) is 17.2 Å². The fourth-order valence-corrected chi connectivity index (χ4v) is 4.60. The molecule has 234 valence electrons. The molecule has 3 aromatic carbocycles. The average molecular weight is 612 g/mol. The Morgan fingerprint density at radius 3 is 2.09 bits per heavy atom. The van der Waals surface area contributed by atoms with Crippen LogP contribution in [0.3, 0.4) is 0 Å². The van der Waals surface area contributed by atoms with Crippen molar-refractivity contribution in [2.45, 2.75) is 45.3 Å². The van der Waals surface area contributed by atoms with Gasteiger partial charge in [0, 0.05) is 29.9 Å². The molecule has 0 fully saturated rings. The second kappa shape index (κ2) is 19.5. The average Bonchev–Trinajstić information content (AvgIpc) is 3.05. The van der Waals surface area contributed by atoms with Crippen LogP contribution in [0.25, 0.3) is 5.57 Å². The first-order valence-electron chi connectivity index (χ1n) is 14.5. The number of anilines is 1. The van der Waals surface area contributed by atoms with Crippen molar-refractivity contribution in [2.24, 2.45) is 5.73 Å². The second-order valence-corrected chi connectivity index (χ2v) is 10.1. The first kappa shape index (κ1) is 35.5. The summed E-state index contributed by atoms with van der Waals surface area (Å²) in [6, 6.07) is 21.1. The van der Waals surface area contributed by atoms with Crippen LogP contribution in [0.5, 0.6) is 17.2 Å². The predicted molar refractivity (Wildman–Crippen MR) is 176 cm³/mol. The normalized spacial score (nSPS) is 14.6. The highest BCUT2D eigenvalue weighted by Gasteiger charge is 2.24. The lowest BCUT2D eigenvalue weighted by Gasteiger charge is -2.32. The molecule has 0 saturated heterocycles. The van der Waals surface area contributed by atoms with E-state index in [4.69, 9.17) is 36.7 Å². The molecule has 1 aliphatic heterocycles. The zero-order chi connectivity index (χ0) is 31.6. The molecule has 43 heavy (non-hydrogen) atoms. The lowest BCUT2D eigenvalue weighted by Crippen LogP contribution is -2.30. The number of carbonyl (C=O) groups is 1. The van der Waals surface area contributed by atoms with E-state index in [1.165, 1.54) is 5.57 Å². The Morgan fingerprint density at radius 2 is 1.63 bits per heavy atom. The summed E-state index contributed by atoms with van der Waals surface area (Å²) in [6.45, 7) is 5.80. The molecule has 1 amide bonds. The van der Waals surface area contributed by atoms with Gasteiger partial charge in [0.05, 0.1) is 33.0 Å². The number of benzene rings is 3. The van der Waals surface area contributed by atoms with Crippen molar-refractivity contribution in [1.82, 2.24) is 4.90 Å². The van der Waals surface area contributed by atoms with Crippen LogP contribution in [-0.4, -0.2) is 63.5 Å². The summed E-state index contributed by atoms with van der Waals surface area (Å²) in [5.41, 5.74) is 9.51. The van der Waals surface area contributed by atoms with Gasteiger partial charge in [-0.1, -0.05) is 36.7 Å². The number of nitrogens with one attached hydrogen (secondary N) is 1. The van der Waals surface area contributed by atoms with Crippen LogP contribution >= 0.6 is 11.6 Å². The van der Waals surface area contributed by atoms with Gasteiger partial charge in [-0.25, -0.2) is 0 Å². The number of aliphatic hydroxyl groups is 1. The van der Waals surface area contributed by atoms with E-state index in [1.54, 1.807) is 14.2 Å². The van der Waals surface area contributed by atoms with Crippen molar-refractivity contribution >= 4 is 29.3 Å². The van der Waals surface area contributed by atoms with Gasteiger partial charge in [-0.2, -0.15) is 0 Å². The fourth-order valence-electron chi connectivity index (χ4n) is 4.43. The number of aliphatic hydroxyl groups excluding tert-OH is 1. The number of methoxy groups -OCH3 is 2. The summed E-state index contributed by atoms with van der Waals surface area (Å²) in [7, 11) is 5.18. The van der Waals surface area contributed by atoms with Crippen LogP contribution in [-0.2, 0) is 4.79 Å². The summed E-state index contributed by atoms with van der Waals surface area (Å²) in [6.07, 6.45) is 5.24. The molecule has 1 aliphatic rings. The van der Waals surface area contributed by atoms with Gasteiger partial charge in [0.15, 0.2) is 0 Å². The minimum Gasteiger partial charge on any atom is -0.497 e. The Labute approximate surface area is 261 Å². The predicted octanol–water partition coefficient (Wildman–Crippen LogP) is 6.58. The first-order chi connectivity index (χ1) is 20.8. The van der Waals surface area contributed by atoms with Gasteiger partial charge in [-0.15, -0.1) is 0 Å². The van der Waals surface area contributed by atoms with Crippen LogP contribution in [0, 0.1) is 0 Å². The van der Waals surface area contributed by atoms with E-state index in [9.17, 15) is 4.79 Å². The van der Waals surface area contributed by atoms with Gasteiger partial charge in [-0.3, -0.25) is 4.79 Å². The van der Waals surface area contributed by atoms with Crippen LogP contribution in [0.1, 0.15) is 50.3 Å². The molecule has 0 bridgehead atoms. The largest absolute Gasteiger partial charge is 0.497 e. The summed E-state index contributed by atoms with van der Waals surface area (Å²) in [5, 5.41) is 12.7. The van der Waals surface area contributed by atoms with Gasteiger partial charge in [-0.05, 0) is 98.5 Å². The maximum absolute atomic E-state index is 11.6. The topological polar surface area (TPSA) is 106 Å². The van der Waals surface area contributed by atoms with E-state index in [-0.39, 0.29) is 12.1 Å². The zero-order valence-corrected chi connectivity index (χ0v) is 26.6. The van der Waals surface area contributed by atoms with Crippen LogP contribution in [0.15, 0.2) is 72.8 Å². The molecule has 2 atom stereocenters. The van der Waals surface area contributed by atoms with Crippen molar-refractivity contribution in [2.75, 3.05) is 46.3 Å². The van der Waals surface area contributed by atoms with Crippen LogP contribution in [0.4, 0.5) is 5.69 Å². The number of hydrogen-bond donors (Lipinski definition) is 3. The number of hydrogen-bond acceptors (Lipinski definition) is 7. The highest BCUT2D eigenvalue weighted by Crippen LogP contribution is 2.37. The molecule has 3 aromatic rings. The molecule has 0 aliphatic carbocycles. The highest BCUT2D eigenvalue weighted by atomic mass is 35.5. The minimum absolute atomic E-state index is 0.101. The van der Waals surface area contributed by atoms with E-state index < -0.39 is 0 Å². The van der Waals surface area contributed by atoms with E-state index >= 15 is 0 Å². The lowest BCUT2D eigenvalue weighted by molar-refractivity contribution is -0.119. The zero-order valence-electron chi connectivity index (χ0n) is 25.9. The number of nitrogens with two attached hydrogens (primary N) is 1. The molecule has 0 spiro atoms. The third-order valence-electron chi connectivity index (χ3n) is 6.89. The van der Waals surface area contributed by atoms with E-state index in [0.29, 0.717) is 24.7 Å². The van der Waals surface area contributed by atoms with Crippen LogP contribution < -0.4 is 25.3 Å². The van der Waals surface area contributed by atoms with Crippen molar-refractivity contribution in [3.8, 4) is 17.2 Å². The molecule has 0 aromatic heterocycles. The molecule has 0 radical (unpaired) electrons. The minimum atomic E-state index is -0.176. The molecular formula is C34H46ClN3O5. The maximum atomic E-state index is 11.6. The summed E-state index contributed by atoms with van der Waals surface area (Å²) in [5.74, 6) is 2.53. The monoisotopic (exact) mass is 611 g/mol. The third-order valence-corrected chi connectivity index (χ3v) is 7.12. The second-order valence-electron chi connectivity index (χ2n) is 9.69. The molecule has 0 saturated carbocycles. The Balaban J connectivity index is 0.000000310. The highest BCUT2D eigenvalue weighted by molar-refractivity contribution is 6.30. The van der Waals surface area contributed by atoms with Gasteiger partial charge in [0.2, 0.25) is 6.41 Å². The maximum Gasteiger partial charge on any atom is 0.210 e. The quantitative estimate of drug-likeness (QED) is 0.210. The summed E-state index contributed by atoms with van der Waals surface area (Å²) in [4.78, 5) is 13.4. The summed E-state index contributed by atoms with van der Waals surface area (Å²) < 4.78 is 15.4. The number of halogens is 1. The Kier molecular flexibility index (Phi) is 16.1. The van der Waals surface area contributed by atoms with Crippen LogP contribution in [0.2, 0.25) is 5.02 Å². The smallest absolute Gasteiger partial charge is 0.210 e. The Morgan fingerprint density at radius 1 is 1.02 bits per heavy atom. The molecular weight excluding hydrogens is 566 g/mol. The molecule has 1 heterocycles. The van der Waals surface area contributed by atoms with E-state index in [1.807, 2.05) is 92.5 Å². The van der Waals surface area contributed by atoms with E-state index in [2.05, 4.69) is 11.4 Å². The number of carbonyl (C=O) groups excluding carboxylic acids is 1. The van der Waals surface area contributed by atoms with E-state index in [0.717, 1.165) is 59.7 Å². The number of nitrogens with zero attached hydrogens (tertiary/aromatic N) is 1. The molecule has 8 nitrogen and oxygen atoms in total. The van der Waals surface area contributed by atoms with Crippen molar-refractivity contribution in [3.63, 3.8) is 0 Å². The number of ether oxygens (including phenoxy) is 3. The lowest BCUT2D eigenvalue weighted by atomic mass is 9.92. The Bertz CT molecular complexity index is 1230. The van der Waals surface area contributed by atoms with Crippen molar-refractivity contribution in [3.05, 3.63) is 89.0 Å². The Hall–Kier alpha value is -3.72. The fraction of sp³-hybridized carbons (Fsp3) is 0.382. The van der Waals surface area contributed by atoms with Gasteiger partial charge < -0.3 is 35.3 Å². The molecule has 2 unspecified atom stereocenters. The SMILES string of the molecule is CCC(O)CCN.CCOc1ccc(C2C=C(c3cc(Cl)ccc3NC)CCN2C=O)cc1.COc1ccc(OC)cc1. The summed E-state index contributed by atoms with van der Waals surface area (Å²) >= 11 is 6.21. The third kappa shape index (κ3) is 11.5. The molecule has 4 N–H and O–H groups in total. The number of rotatable bonds is 11. The van der Waals surface area contributed by atoms with Crippen molar-refractivity contribution in [1.29, 1.82) is 0 Å². The number of amides is 1. The van der Waals surface area contributed by atoms with Gasteiger partial charge in [0.25, 0.3) is 0 Å². The first-order valence-corrected chi connectivity index (χ1v) is 14.9. The molecule has 4 rings (SSSR count). The standard InChI is InChI=1S/C21H23ClN2O2.C8H10O2.C5H13NO/c1-3-26-18-7-4-15(5-8-18)21-12-16(10-11-24(21)14-25)19-13-17(22)6-9-20(19)23-2;1-9-7-3-5-8(10-2)6-4-7;1-2-5(7)3-4-6/h4-9,12-14,21,23H,3,10-11H2,1-2H3;3-6H,1-2H3;5,7H,2-4,6H2,1H3. The van der Waals surface area contributed by atoms with Gasteiger partial charge >= 0.3 is 0 Å². The molecule has 9 heteroatoms. The van der Waals surface area contributed by atoms with Crippen molar-refractivity contribution < 1.29 is 24.1 Å².